The molecule has 0 fully saturated rings. The minimum atomic E-state index is -3.32. The maximum atomic E-state index is 13.0. The second-order valence-corrected chi connectivity index (χ2v) is 7.18. The first-order valence-electron chi connectivity index (χ1n) is 9.62. The Labute approximate surface area is 182 Å². The van der Waals surface area contributed by atoms with Gasteiger partial charge in [-0.2, -0.15) is 8.78 Å². The van der Waals surface area contributed by atoms with Crippen LogP contribution in [0.2, 0.25) is 0 Å². The summed E-state index contributed by atoms with van der Waals surface area (Å²) in [5.74, 6) is -0.664. The van der Waals surface area contributed by atoms with Crippen LogP contribution in [0.4, 0.5) is 25.1 Å². The SMILES string of the molecule is COCC(NC(=O)N1CC(=O)Nc2c(C(C)=O)ccnc21)c1ccc(OC(C)(F)F)cc1. The smallest absolute Gasteiger partial charge is 0.394 e. The number of carbonyl (C=O) groups is 3. The number of ketones is 1. The van der Waals surface area contributed by atoms with Gasteiger partial charge in [0.05, 0.1) is 18.3 Å². The number of rotatable bonds is 7. The molecule has 9 nitrogen and oxygen atoms in total. The van der Waals surface area contributed by atoms with Crippen molar-refractivity contribution in [2.75, 3.05) is 30.5 Å². The number of benzene rings is 1. The molecule has 1 aliphatic rings. The molecular weight excluding hydrogens is 426 g/mol. The van der Waals surface area contributed by atoms with Crippen molar-refractivity contribution in [1.82, 2.24) is 10.3 Å². The van der Waals surface area contributed by atoms with Crippen LogP contribution < -0.4 is 20.3 Å². The van der Waals surface area contributed by atoms with Crippen molar-refractivity contribution in [3.63, 3.8) is 0 Å². The van der Waals surface area contributed by atoms with Gasteiger partial charge in [-0.3, -0.25) is 14.5 Å². The highest BCUT2D eigenvalue weighted by Gasteiger charge is 2.32. The molecule has 0 radical (unpaired) electrons. The lowest BCUT2D eigenvalue weighted by Gasteiger charge is -2.30. The van der Waals surface area contributed by atoms with Gasteiger partial charge in [0, 0.05) is 25.8 Å². The van der Waals surface area contributed by atoms with Crippen LogP contribution in [-0.4, -0.2) is 49.1 Å². The fourth-order valence-electron chi connectivity index (χ4n) is 3.23. The number of pyridine rings is 1. The summed E-state index contributed by atoms with van der Waals surface area (Å²) in [6, 6.07) is 5.91. The van der Waals surface area contributed by atoms with E-state index in [0.717, 1.165) is 4.90 Å². The molecular formula is C21H22F2N4O5. The number of halogens is 2. The molecule has 1 aliphatic heterocycles. The van der Waals surface area contributed by atoms with Crippen molar-refractivity contribution in [2.45, 2.75) is 26.0 Å². The van der Waals surface area contributed by atoms with Gasteiger partial charge >= 0.3 is 12.1 Å². The quantitative estimate of drug-likeness (QED) is 0.630. The Morgan fingerprint density at radius 3 is 2.56 bits per heavy atom. The lowest BCUT2D eigenvalue weighted by molar-refractivity contribution is -0.158. The van der Waals surface area contributed by atoms with E-state index in [-0.39, 0.29) is 41.8 Å². The Morgan fingerprint density at radius 2 is 1.97 bits per heavy atom. The zero-order valence-electron chi connectivity index (χ0n) is 17.6. The van der Waals surface area contributed by atoms with E-state index >= 15 is 0 Å². The number of Topliss-reactive ketones (excluding diaryl/α,β-unsaturated/α-hetero) is 1. The zero-order chi connectivity index (χ0) is 23.5. The molecule has 0 bridgehead atoms. The number of anilines is 2. The van der Waals surface area contributed by atoms with Crippen LogP contribution in [0.1, 0.15) is 35.8 Å². The van der Waals surface area contributed by atoms with Crippen LogP contribution in [0.3, 0.4) is 0 Å². The van der Waals surface area contributed by atoms with E-state index in [4.69, 9.17) is 4.74 Å². The van der Waals surface area contributed by atoms with E-state index in [0.29, 0.717) is 12.5 Å². The molecule has 1 unspecified atom stereocenters. The second-order valence-electron chi connectivity index (χ2n) is 7.18. The molecule has 2 heterocycles. The van der Waals surface area contributed by atoms with Crippen molar-refractivity contribution in [3.05, 3.63) is 47.7 Å². The third-order valence-corrected chi connectivity index (χ3v) is 4.59. The van der Waals surface area contributed by atoms with Gasteiger partial charge in [-0.25, -0.2) is 9.78 Å². The largest absolute Gasteiger partial charge is 0.433 e. The summed E-state index contributed by atoms with van der Waals surface area (Å²) in [6.45, 7) is 1.75. The van der Waals surface area contributed by atoms with Crippen molar-refractivity contribution >= 4 is 29.2 Å². The van der Waals surface area contributed by atoms with Crippen LogP contribution in [-0.2, 0) is 9.53 Å². The maximum absolute atomic E-state index is 13.0. The predicted molar refractivity (Wildman–Crippen MR) is 111 cm³/mol. The molecule has 1 atom stereocenters. The van der Waals surface area contributed by atoms with E-state index in [2.05, 4.69) is 20.4 Å². The number of methoxy groups -OCH3 is 1. The van der Waals surface area contributed by atoms with Crippen molar-refractivity contribution in [3.8, 4) is 5.75 Å². The minimum absolute atomic E-state index is 0.0358. The minimum Gasteiger partial charge on any atom is -0.433 e. The first-order valence-corrected chi connectivity index (χ1v) is 9.62. The molecule has 11 heteroatoms. The average Bonchev–Trinajstić information content (AvgIpc) is 2.71. The van der Waals surface area contributed by atoms with Gasteiger partial charge < -0.3 is 20.1 Å². The standard InChI is InChI=1S/C21H22F2N4O5/c1-12(28)15-8-9-24-19-18(15)26-17(29)10-27(19)20(30)25-16(11-31-3)13-4-6-14(7-5-13)32-21(2,22)23/h4-9,16H,10-11H2,1-3H3,(H,25,30)(H,26,29). The molecule has 170 valence electrons. The third-order valence-electron chi connectivity index (χ3n) is 4.59. The summed E-state index contributed by atoms with van der Waals surface area (Å²) in [6.07, 6.45) is -1.95. The number of hydrogen-bond donors (Lipinski definition) is 2. The Kier molecular flexibility index (Phi) is 6.68. The Hall–Kier alpha value is -3.60. The lowest BCUT2D eigenvalue weighted by Crippen LogP contribution is -2.49. The number of nitrogens with one attached hydrogen (secondary N) is 2. The summed E-state index contributed by atoms with van der Waals surface area (Å²) >= 11 is 0. The number of urea groups is 1. The van der Waals surface area contributed by atoms with Crippen LogP contribution in [0.15, 0.2) is 36.5 Å². The first kappa shape index (κ1) is 23.1. The summed E-state index contributed by atoms with van der Waals surface area (Å²) in [5.41, 5.74) is 0.966. The van der Waals surface area contributed by atoms with Gasteiger partial charge in [0.25, 0.3) is 0 Å². The third kappa shape index (κ3) is 5.35. The van der Waals surface area contributed by atoms with Crippen molar-refractivity contribution in [1.29, 1.82) is 0 Å². The highest BCUT2D eigenvalue weighted by atomic mass is 19.3. The summed E-state index contributed by atoms with van der Waals surface area (Å²) in [4.78, 5) is 42.4. The lowest BCUT2D eigenvalue weighted by atomic mass is 10.1. The van der Waals surface area contributed by atoms with Gasteiger partial charge in [0.15, 0.2) is 11.6 Å². The van der Waals surface area contributed by atoms with Crippen LogP contribution in [0.5, 0.6) is 5.75 Å². The van der Waals surface area contributed by atoms with Gasteiger partial charge in [0.2, 0.25) is 5.91 Å². The molecule has 3 rings (SSSR count). The molecule has 2 aromatic rings. The Bertz CT molecular complexity index is 1020. The number of ether oxygens (including phenoxy) is 2. The van der Waals surface area contributed by atoms with E-state index in [1.165, 1.54) is 50.6 Å². The van der Waals surface area contributed by atoms with Crippen LogP contribution in [0, 0.1) is 0 Å². The summed E-state index contributed by atoms with van der Waals surface area (Å²) < 4.78 is 35.8. The average molecular weight is 448 g/mol. The van der Waals surface area contributed by atoms with Crippen molar-refractivity contribution < 1.29 is 32.6 Å². The predicted octanol–water partition coefficient (Wildman–Crippen LogP) is 3.13. The number of hydrogen-bond acceptors (Lipinski definition) is 6. The van der Waals surface area contributed by atoms with Gasteiger partial charge in [0.1, 0.15) is 12.3 Å². The fraction of sp³-hybridized carbons (Fsp3) is 0.333. The number of alkyl halides is 2. The van der Waals surface area contributed by atoms with Crippen LogP contribution >= 0.6 is 0 Å². The van der Waals surface area contributed by atoms with E-state index in [1.807, 2.05) is 0 Å². The van der Waals surface area contributed by atoms with Gasteiger partial charge in [-0.05, 0) is 30.7 Å². The summed E-state index contributed by atoms with van der Waals surface area (Å²) in [7, 11) is 1.44. The summed E-state index contributed by atoms with van der Waals surface area (Å²) in [5, 5.41) is 5.34. The van der Waals surface area contributed by atoms with Gasteiger partial charge in [-0.1, -0.05) is 12.1 Å². The van der Waals surface area contributed by atoms with E-state index < -0.39 is 24.1 Å². The topological polar surface area (TPSA) is 110 Å². The van der Waals surface area contributed by atoms with Gasteiger partial charge in [-0.15, -0.1) is 0 Å². The highest BCUT2D eigenvalue weighted by Crippen LogP contribution is 2.31. The molecule has 0 saturated heterocycles. The zero-order valence-corrected chi connectivity index (χ0v) is 17.6. The normalized spacial score (nSPS) is 14.3. The first-order chi connectivity index (χ1) is 15.1. The number of aromatic nitrogens is 1. The Balaban J connectivity index is 1.84. The molecule has 0 saturated carbocycles. The molecule has 2 N–H and O–H groups in total. The molecule has 0 spiro atoms. The molecule has 1 aromatic heterocycles. The fourth-order valence-corrected chi connectivity index (χ4v) is 3.23. The number of fused-ring (bicyclic) bond motifs is 1. The number of amides is 3. The molecule has 32 heavy (non-hydrogen) atoms. The Morgan fingerprint density at radius 1 is 1.28 bits per heavy atom. The van der Waals surface area contributed by atoms with Crippen LogP contribution in [0.25, 0.3) is 0 Å². The number of nitrogens with zero attached hydrogens (tertiary/aromatic N) is 2. The highest BCUT2D eigenvalue weighted by molar-refractivity contribution is 6.13. The van der Waals surface area contributed by atoms with Crippen molar-refractivity contribution in [2.24, 2.45) is 0 Å². The van der Waals surface area contributed by atoms with E-state index in [1.54, 1.807) is 0 Å². The molecule has 1 aromatic carbocycles. The molecule has 3 amide bonds. The maximum Gasteiger partial charge on any atom is 0.394 e. The van der Waals surface area contributed by atoms with E-state index in [9.17, 15) is 23.2 Å². The molecule has 0 aliphatic carbocycles. The number of carbonyl (C=O) groups excluding carboxylic acids is 3. The second kappa shape index (κ2) is 9.27. The monoisotopic (exact) mass is 448 g/mol.